The zero-order chi connectivity index (χ0) is 12.5. The predicted octanol–water partition coefficient (Wildman–Crippen LogP) is 4.86. The fourth-order valence-corrected chi connectivity index (χ4v) is 3.01. The minimum Gasteiger partial charge on any atom is -0.497 e. The SMILES string of the molecule is COC1=CCCC2=C1CC=C2c1ccc(Br)cc1. The summed E-state index contributed by atoms with van der Waals surface area (Å²) in [7, 11) is 1.76. The van der Waals surface area contributed by atoms with Crippen molar-refractivity contribution in [2.24, 2.45) is 0 Å². The third kappa shape index (κ3) is 1.95. The summed E-state index contributed by atoms with van der Waals surface area (Å²) in [4.78, 5) is 0. The molecule has 0 N–H and O–H groups in total. The molecule has 0 heterocycles. The van der Waals surface area contributed by atoms with Gasteiger partial charge in [0, 0.05) is 10.0 Å². The Morgan fingerprint density at radius 1 is 1.06 bits per heavy atom. The summed E-state index contributed by atoms with van der Waals surface area (Å²) in [5, 5.41) is 0. The maximum atomic E-state index is 5.47. The topological polar surface area (TPSA) is 9.23 Å². The van der Waals surface area contributed by atoms with Crippen LogP contribution in [0, 0.1) is 0 Å². The average molecular weight is 303 g/mol. The first-order valence-corrected chi connectivity index (χ1v) is 7.02. The van der Waals surface area contributed by atoms with Gasteiger partial charge in [-0.15, -0.1) is 0 Å². The lowest BCUT2D eigenvalue weighted by Gasteiger charge is -2.18. The van der Waals surface area contributed by atoms with Gasteiger partial charge >= 0.3 is 0 Å². The summed E-state index contributed by atoms with van der Waals surface area (Å²) in [6.07, 6.45) is 7.74. The molecular formula is C16H15BrO. The molecule has 0 bridgehead atoms. The first-order chi connectivity index (χ1) is 8.79. The molecule has 0 atom stereocenters. The van der Waals surface area contributed by atoms with Gasteiger partial charge in [0.15, 0.2) is 0 Å². The van der Waals surface area contributed by atoms with Crippen molar-refractivity contribution in [2.75, 3.05) is 7.11 Å². The monoisotopic (exact) mass is 302 g/mol. The molecule has 3 rings (SSSR count). The van der Waals surface area contributed by atoms with Crippen molar-refractivity contribution in [1.82, 2.24) is 0 Å². The zero-order valence-electron chi connectivity index (χ0n) is 10.4. The Labute approximate surface area is 116 Å². The number of rotatable bonds is 2. The van der Waals surface area contributed by atoms with Crippen LogP contribution < -0.4 is 0 Å². The normalized spacial score (nSPS) is 18.3. The van der Waals surface area contributed by atoms with Crippen molar-refractivity contribution in [3.8, 4) is 0 Å². The molecule has 0 spiro atoms. The van der Waals surface area contributed by atoms with Crippen molar-refractivity contribution >= 4 is 21.5 Å². The molecular weight excluding hydrogens is 288 g/mol. The van der Waals surface area contributed by atoms with Gasteiger partial charge in [-0.3, -0.25) is 0 Å². The van der Waals surface area contributed by atoms with E-state index in [4.69, 9.17) is 4.74 Å². The van der Waals surface area contributed by atoms with Gasteiger partial charge in [0.25, 0.3) is 0 Å². The van der Waals surface area contributed by atoms with Crippen LogP contribution in [0.2, 0.25) is 0 Å². The van der Waals surface area contributed by atoms with Gasteiger partial charge < -0.3 is 4.74 Å². The maximum absolute atomic E-state index is 5.47. The van der Waals surface area contributed by atoms with Gasteiger partial charge in [-0.05, 0) is 54.2 Å². The Hall–Kier alpha value is -1.28. The molecule has 1 aromatic rings. The highest BCUT2D eigenvalue weighted by atomic mass is 79.9. The third-order valence-corrected chi connectivity index (χ3v) is 4.13. The van der Waals surface area contributed by atoms with Crippen LogP contribution in [0.5, 0.6) is 0 Å². The van der Waals surface area contributed by atoms with Crippen LogP contribution in [0.3, 0.4) is 0 Å². The number of methoxy groups -OCH3 is 1. The van der Waals surface area contributed by atoms with Crippen LogP contribution in [0.4, 0.5) is 0 Å². The van der Waals surface area contributed by atoms with E-state index in [1.807, 2.05) is 0 Å². The van der Waals surface area contributed by atoms with E-state index in [-0.39, 0.29) is 0 Å². The first-order valence-electron chi connectivity index (χ1n) is 6.22. The molecule has 1 nitrogen and oxygen atoms in total. The van der Waals surface area contributed by atoms with Crippen LogP contribution in [0.1, 0.15) is 24.8 Å². The fourth-order valence-electron chi connectivity index (χ4n) is 2.75. The molecule has 92 valence electrons. The van der Waals surface area contributed by atoms with Gasteiger partial charge in [-0.2, -0.15) is 0 Å². The maximum Gasteiger partial charge on any atom is 0.118 e. The molecule has 0 aromatic heterocycles. The van der Waals surface area contributed by atoms with E-state index in [1.165, 1.54) is 22.3 Å². The lowest BCUT2D eigenvalue weighted by atomic mass is 9.91. The Kier molecular flexibility index (Phi) is 3.13. The van der Waals surface area contributed by atoms with Crippen LogP contribution in [0.15, 0.2) is 57.8 Å². The van der Waals surface area contributed by atoms with Crippen LogP contribution in [-0.2, 0) is 4.74 Å². The number of halogens is 1. The summed E-state index contributed by atoms with van der Waals surface area (Å²) in [6, 6.07) is 8.56. The Balaban J connectivity index is 1.98. The second-order valence-electron chi connectivity index (χ2n) is 4.60. The van der Waals surface area contributed by atoms with Crippen LogP contribution in [0.25, 0.3) is 5.57 Å². The van der Waals surface area contributed by atoms with Crippen LogP contribution in [-0.4, -0.2) is 7.11 Å². The molecule has 2 aliphatic rings. The summed E-state index contributed by atoms with van der Waals surface area (Å²) in [5.41, 5.74) is 5.54. The highest BCUT2D eigenvalue weighted by Gasteiger charge is 2.24. The number of ether oxygens (including phenoxy) is 1. The lowest BCUT2D eigenvalue weighted by Crippen LogP contribution is -2.00. The molecule has 0 amide bonds. The molecule has 2 aliphatic carbocycles. The molecule has 1 aromatic carbocycles. The van der Waals surface area contributed by atoms with Gasteiger partial charge in [0.1, 0.15) is 5.76 Å². The fraction of sp³-hybridized carbons (Fsp3) is 0.250. The van der Waals surface area contributed by atoms with Gasteiger partial charge in [-0.25, -0.2) is 0 Å². The minimum atomic E-state index is 1.00. The van der Waals surface area contributed by atoms with Crippen molar-refractivity contribution in [1.29, 1.82) is 0 Å². The van der Waals surface area contributed by atoms with Crippen LogP contribution >= 0.6 is 15.9 Å². The lowest BCUT2D eigenvalue weighted by molar-refractivity contribution is 0.295. The van der Waals surface area contributed by atoms with Gasteiger partial charge in [0.05, 0.1) is 7.11 Å². The van der Waals surface area contributed by atoms with E-state index >= 15 is 0 Å². The molecule has 0 saturated carbocycles. The first kappa shape index (κ1) is 11.8. The molecule has 2 heteroatoms. The Morgan fingerprint density at radius 3 is 2.56 bits per heavy atom. The van der Waals surface area contributed by atoms with Crippen molar-refractivity contribution < 1.29 is 4.74 Å². The van der Waals surface area contributed by atoms with Crippen molar-refractivity contribution in [3.63, 3.8) is 0 Å². The molecule has 0 unspecified atom stereocenters. The largest absolute Gasteiger partial charge is 0.497 e. The van der Waals surface area contributed by atoms with Crippen molar-refractivity contribution in [3.05, 3.63) is 63.4 Å². The summed E-state index contributed by atoms with van der Waals surface area (Å²) >= 11 is 3.48. The van der Waals surface area contributed by atoms with E-state index in [1.54, 1.807) is 7.11 Å². The summed E-state index contributed by atoms with van der Waals surface area (Å²) < 4.78 is 6.60. The third-order valence-electron chi connectivity index (χ3n) is 3.60. The number of benzene rings is 1. The standard InChI is InChI=1S/C16H15BrO/c1-18-16-4-2-3-14-13(9-10-15(14)16)11-5-7-12(17)8-6-11/h4-9H,2-3,10H2,1H3. The number of hydrogen-bond acceptors (Lipinski definition) is 1. The highest BCUT2D eigenvalue weighted by Crippen LogP contribution is 2.42. The Morgan fingerprint density at radius 2 is 1.83 bits per heavy atom. The van der Waals surface area contributed by atoms with E-state index in [9.17, 15) is 0 Å². The number of allylic oxidation sites excluding steroid dienone is 5. The second-order valence-corrected chi connectivity index (χ2v) is 5.51. The van der Waals surface area contributed by atoms with E-state index in [2.05, 4.69) is 52.3 Å². The average Bonchev–Trinajstić information content (AvgIpc) is 2.83. The summed E-state index contributed by atoms with van der Waals surface area (Å²) in [6.45, 7) is 0. The molecule has 18 heavy (non-hydrogen) atoms. The zero-order valence-corrected chi connectivity index (χ0v) is 12.0. The van der Waals surface area contributed by atoms with E-state index in [0.29, 0.717) is 0 Å². The summed E-state index contributed by atoms with van der Waals surface area (Å²) in [5.74, 6) is 1.07. The van der Waals surface area contributed by atoms with E-state index in [0.717, 1.165) is 29.5 Å². The molecule has 0 aliphatic heterocycles. The van der Waals surface area contributed by atoms with Gasteiger partial charge in [0.2, 0.25) is 0 Å². The highest BCUT2D eigenvalue weighted by molar-refractivity contribution is 9.10. The molecule has 0 fully saturated rings. The molecule has 0 radical (unpaired) electrons. The second kappa shape index (κ2) is 4.77. The Bertz CT molecular complexity index is 561. The number of hydrogen-bond donors (Lipinski definition) is 0. The quantitative estimate of drug-likeness (QED) is 0.758. The smallest absolute Gasteiger partial charge is 0.118 e. The predicted molar refractivity (Wildman–Crippen MR) is 78.1 cm³/mol. The van der Waals surface area contributed by atoms with Gasteiger partial charge in [-0.1, -0.05) is 34.1 Å². The molecule has 0 saturated heterocycles. The van der Waals surface area contributed by atoms with E-state index < -0.39 is 0 Å². The van der Waals surface area contributed by atoms with Crippen molar-refractivity contribution in [2.45, 2.75) is 19.3 Å². The minimum absolute atomic E-state index is 1.00.